The molecule has 2 aromatic carbocycles. The first-order valence-electron chi connectivity index (χ1n) is 8.70. The van der Waals surface area contributed by atoms with Crippen molar-refractivity contribution in [3.05, 3.63) is 70.0 Å². The summed E-state index contributed by atoms with van der Waals surface area (Å²) in [5, 5.41) is 0.577. The van der Waals surface area contributed by atoms with E-state index >= 15 is 0 Å². The van der Waals surface area contributed by atoms with Crippen molar-refractivity contribution in [2.75, 3.05) is 31.2 Å². The van der Waals surface area contributed by atoms with Crippen LogP contribution in [0, 0.1) is 5.82 Å². The van der Waals surface area contributed by atoms with E-state index in [0.717, 1.165) is 9.80 Å². The van der Waals surface area contributed by atoms with Gasteiger partial charge in [-0.3, -0.25) is 9.59 Å². The molecule has 2 amide bonds. The van der Waals surface area contributed by atoms with Crippen LogP contribution < -0.4 is 4.90 Å². The average Bonchev–Trinajstić information content (AvgIpc) is 2.95. The molecule has 2 aliphatic heterocycles. The molecule has 0 N–H and O–H groups in total. The number of morpholine rings is 1. The normalized spacial score (nSPS) is 17.6. The number of anilines is 1. The van der Waals surface area contributed by atoms with E-state index in [1.807, 2.05) is 4.90 Å². The average molecular weight is 419 g/mol. The molecule has 0 atom stereocenters. The zero-order valence-electron chi connectivity index (χ0n) is 14.7. The number of carbonyl (C=O) groups is 2. The summed E-state index contributed by atoms with van der Waals surface area (Å²) in [7, 11) is 0. The fourth-order valence-corrected chi connectivity index (χ4v) is 4.25. The molecule has 0 unspecified atom stereocenters. The fourth-order valence-electron chi connectivity index (χ4n) is 3.13. The largest absolute Gasteiger partial charge is 0.378 e. The summed E-state index contributed by atoms with van der Waals surface area (Å²) in [4.78, 5) is 30.1. The molecule has 28 heavy (non-hydrogen) atoms. The van der Waals surface area contributed by atoms with E-state index in [1.165, 1.54) is 30.0 Å². The second kappa shape index (κ2) is 7.95. The van der Waals surface area contributed by atoms with Gasteiger partial charge in [0.15, 0.2) is 0 Å². The van der Waals surface area contributed by atoms with Gasteiger partial charge in [-0.1, -0.05) is 35.5 Å². The molecule has 2 aliphatic rings. The number of imide groups is 1. The summed E-state index contributed by atoms with van der Waals surface area (Å²) in [5.41, 5.74) is 0.242. The van der Waals surface area contributed by atoms with E-state index in [-0.39, 0.29) is 16.3 Å². The number of hydrogen-bond acceptors (Lipinski definition) is 5. The van der Waals surface area contributed by atoms with Crippen LogP contribution >= 0.6 is 23.4 Å². The number of nitrogens with zero attached hydrogens (tertiary/aromatic N) is 2. The number of para-hydroxylation sites is 1. The Morgan fingerprint density at radius 3 is 2.32 bits per heavy atom. The Kier molecular flexibility index (Phi) is 5.39. The van der Waals surface area contributed by atoms with Gasteiger partial charge in [0, 0.05) is 23.0 Å². The zero-order valence-corrected chi connectivity index (χ0v) is 16.3. The standard InChI is InChI=1S/C20H16ClFN2O3S/c21-13-5-7-14(8-6-13)28-18-17(23-9-11-27-12-10-23)19(25)24(20(18)26)16-4-2-1-3-15(16)22/h1-8H,9-12H2. The molecule has 2 aromatic rings. The van der Waals surface area contributed by atoms with Crippen LogP contribution in [0.1, 0.15) is 0 Å². The van der Waals surface area contributed by atoms with Crippen molar-refractivity contribution < 1.29 is 18.7 Å². The Morgan fingerprint density at radius 2 is 1.64 bits per heavy atom. The molecule has 8 heteroatoms. The molecule has 5 nitrogen and oxygen atoms in total. The van der Waals surface area contributed by atoms with E-state index < -0.39 is 17.6 Å². The molecule has 0 bridgehead atoms. The number of halogens is 2. The minimum Gasteiger partial charge on any atom is -0.378 e. The number of carbonyl (C=O) groups excluding carboxylic acids is 2. The van der Waals surface area contributed by atoms with Crippen molar-refractivity contribution in [2.24, 2.45) is 0 Å². The monoisotopic (exact) mass is 418 g/mol. The van der Waals surface area contributed by atoms with E-state index in [1.54, 1.807) is 30.3 Å². The molecule has 4 rings (SSSR count). The second-order valence-electron chi connectivity index (χ2n) is 6.23. The molecule has 0 spiro atoms. The third kappa shape index (κ3) is 3.53. The summed E-state index contributed by atoms with van der Waals surface area (Å²) < 4.78 is 19.7. The predicted molar refractivity (Wildman–Crippen MR) is 106 cm³/mol. The molecule has 0 radical (unpaired) electrons. The summed E-state index contributed by atoms with van der Waals surface area (Å²) in [6.45, 7) is 1.90. The lowest BCUT2D eigenvalue weighted by Crippen LogP contribution is -2.40. The van der Waals surface area contributed by atoms with Crippen molar-refractivity contribution >= 4 is 40.9 Å². The van der Waals surface area contributed by atoms with Crippen LogP contribution in [0.15, 0.2) is 64.0 Å². The topological polar surface area (TPSA) is 49.9 Å². The number of benzene rings is 2. The van der Waals surface area contributed by atoms with Gasteiger partial charge in [0.1, 0.15) is 16.4 Å². The van der Waals surface area contributed by atoms with Gasteiger partial charge in [0.25, 0.3) is 11.8 Å². The minimum atomic E-state index is -0.622. The highest BCUT2D eigenvalue weighted by molar-refractivity contribution is 8.04. The van der Waals surface area contributed by atoms with Crippen LogP contribution in [0.25, 0.3) is 0 Å². The van der Waals surface area contributed by atoms with Crippen LogP contribution in [-0.2, 0) is 14.3 Å². The van der Waals surface area contributed by atoms with Gasteiger partial charge in [-0.05, 0) is 36.4 Å². The maximum atomic E-state index is 14.3. The molecular formula is C20H16ClFN2O3S. The van der Waals surface area contributed by atoms with E-state index in [2.05, 4.69) is 0 Å². The van der Waals surface area contributed by atoms with Crippen LogP contribution in [0.3, 0.4) is 0 Å². The molecule has 1 saturated heterocycles. The van der Waals surface area contributed by atoms with Gasteiger partial charge in [0.2, 0.25) is 0 Å². The first-order valence-corrected chi connectivity index (χ1v) is 9.89. The Hall–Kier alpha value is -2.35. The smallest absolute Gasteiger partial charge is 0.283 e. The van der Waals surface area contributed by atoms with Crippen LogP contribution in [-0.4, -0.2) is 43.0 Å². The highest BCUT2D eigenvalue weighted by Gasteiger charge is 2.43. The minimum absolute atomic E-state index is 0.0463. The van der Waals surface area contributed by atoms with Crippen molar-refractivity contribution in [1.29, 1.82) is 0 Å². The van der Waals surface area contributed by atoms with Crippen LogP contribution in [0.4, 0.5) is 10.1 Å². The third-order valence-electron chi connectivity index (χ3n) is 4.47. The molecule has 0 aliphatic carbocycles. The quantitative estimate of drug-likeness (QED) is 0.709. The number of amides is 2. The summed E-state index contributed by atoms with van der Waals surface area (Å²) in [5.74, 6) is -1.67. The lowest BCUT2D eigenvalue weighted by molar-refractivity contribution is -0.121. The first-order chi connectivity index (χ1) is 13.6. The summed E-state index contributed by atoms with van der Waals surface area (Å²) >= 11 is 7.12. The van der Waals surface area contributed by atoms with Crippen LogP contribution in [0.2, 0.25) is 5.02 Å². The lowest BCUT2D eigenvalue weighted by Gasteiger charge is -2.29. The van der Waals surface area contributed by atoms with Gasteiger partial charge < -0.3 is 9.64 Å². The van der Waals surface area contributed by atoms with Gasteiger partial charge in [-0.2, -0.15) is 0 Å². The van der Waals surface area contributed by atoms with Gasteiger partial charge >= 0.3 is 0 Å². The predicted octanol–water partition coefficient (Wildman–Crippen LogP) is 3.69. The molecule has 144 valence electrons. The highest BCUT2D eigenvalue weighted by atomic mass is 35.5. The fraction of sp³-hybridized carbons (Fsp3) is 0.200. The molecule has 0 aromatic heterocycles. The van der Waals surface area contributed by atoms with Gasteiger partial charge in [-0.15, -0.1) is 0 Å². The molecule has 1 fully saturated rings. The molecular weight excluding hydrogens is 403 g/mol. The van der Waals surface area contributed by atoms with Crippen molar-refractivity contribution in [1.82, 2.24) is 4.90 Å². The molecule has 0 saturated carbocycles. The van der Waals surface area contributed by atoms with Crippen molar-refractivity contribution in [2.45, 2.75) is 4.90 Å². The first kappa shape index (κ1) is 19.0. The third-order valence-corrected chi connectivity index (χ3v) is 5.80. The SMILES string of the molecule is O=C1C(Sc2ccc(Cl)cc2)=C(N2CCOCC2)C(=O)N1c1ccccc1F. The maximum absolute atomic E-state index is 14.3. The second-order valence-corrected chi connectivity index (χ2v) is 7.75. The van der Waals surface area contributed by atoms with Gasteiger partial charge in [0.05, 0.1) is 18.9 Å². The Bertz CT molecular complexity index is 958. The number of rotatable bonds is 4. The highest BCUT2D eigenvalue weighted by Crippen LogP contribution is 2.39. The van der Waals surface area contributed by atoms with E-state index in [9.17, 15) is 14.0 Å². The zero-order chi connectivity index (χ0) is 19.7. The maximum Gasteiger partial charge on any atom is 0.283 e. The molecule has 2 heterocycles. The van der Waals surface area contributed by atoms with E-state index in [0.29, 0.717) is 31.3 Å². The summed E-state index contributed by atoms with van der Waals surface area (Å²) in [6, 6.07) is 12.8. The number of thioether (sulfide) groups is 1. The van der Waals surface area contributed by atoms with Crippen molar-refractivity contribution in [3.63, 3.8) is 0 Å². The number of hydrogen-bond donors (Lipinski definition) is 0. The van der Waals surface area contributed by atoms with E-state index in [4.69, 9.17) is 16.3 Å². The Labute approximate surface area is 170 Å². The summed E-state index contributed by atoms with van der Waals surface area (Å²) in [6.07, 6.45) is 0. The lowest BCUT2D eigenvalue weighted by atomic mass is 10.2. The van der Waals surface area contributed by atoms with Crippen LogP contribution in [0.5, 0.6) is 0 Å². The Balaban J connectivity index is 1.75. The number of ether oxygens (including phenoxy) is 1. The van der Waals surface area contributed by atoms with Gasteiger partial charge in [-0.25, -0.2) is 9.29 Å². The Morgan fingerprint density at radius 1 is 0.964 bits per heavy atom. The van der Waals surface area contributed by atoms with Crippen molar-refractivity contribution in [3.8, 4) is 0 Å².